The molecule has 1 saturated heterocycles. The Hall–Kier alpha value is -3.05. The van der Waals surface area contributed by atoms with Crippen LogP contribution in [0.4, 0.5) is 4.39 Å². The molecular formula is C25H22FNO3. The maximum absolute atomic E-state index is 13.7. The van der Waals surface area contributed by atoms with Crippen LogP contribution in [0.1, 0.15) is 42.9 Å². The highest BCUT2D eigenvalue weighted by atomic mass is 19.1. The van der Waals surface area contributed by atoms with Crippen molar-refractivity contribution in [3.05, 3.63) is 72.2 Å². The Balaban J connectivity index is 1.75. The molecule has 1 aliphatic carbocycles. The molecule has 0 spiro atoms. The van der Waals surface area contributed by atoms with Gasteiger partial charge in [-0.25, -0.2) is 4.39 Å². The van der Waals surface area contributed by atoms with Crippen molar-refractivity contribution in [2.45, 2.75) is 43.8 Å². The zero-order valence-corrected chi connectivity index (χ0v) is 16.5. The molecule has 4 nitrogen and oxygen atoms in total. The van der Waals surface area contributed by atoms with E-state index in [0.29, 0.717) is 17.9 Å². The molecule has 2 atom stereocenters. The van der Waals surface area contributed by atoms with Gasteiger partial charge in [0.05, 0.1) is 23.7 Å². The summed E-state index contributed by atoms with van der Waals surface area (Å²) in [6.45, 7) is 4.30. The van der Waals surface area contributed by atoms with E-state index in [1.54, 1.807) is 12.1 Å². The normalized spacial score (nSPS) is 21.5. The Morgan fingerprint density at radius 1 is 1.13 bits per heavy atom. The molecule has 152 valence electrons. The fourth-order valence-electron chi connectivity index (χ4n) is 4.28. The van der Waals surface area contributed by atoms with Crippen molar-refractivity contribution in [1.29, 1.82) is 0 Å². The number of halogens is 1. The van der Waals surface area contributed by atoms with Gasteiger partial charge in [-0.1, -0.05) is 36.9 Å². The van der Waals surface area contributed by atoms with Crippen molar-refractivity contribution < 1.29 is 19.0 Å². The van der Waals surface area contributed by atoms with Crippen LogP contribution in [0, 0.1) is 5.82 Å². The van der Waals surface area contributed by atoms with Crippen molar-refractivity contribution >= 4 is 22.4 Å². The van der Waals surface area contributed by atoms with Gasteiger partial charge in [-0.15, -0.1) is 0 Å². The van der Waals surface area contributed by atoms with Gasteiger partial charge in [0.15, 0.2) is 0 Å². The van der Waals surface area contributed by atoms with E-state index in [2.05, 4.69) is 6.58 Å². The van der Waals surface area contributed by atoms with Crippen LogP contribution in [0.25, 0.3) is 27.6 Å². The van der Waals surface area contributed by atoms with Gasteiger partial charge >= 0.3 is 5.97 Å². The van der Waals surface area contributed by atoms with E-state index in [1.165, 1.54) is 12.1 Å². The summed E-state index contributed by atoms with van der Waals surface area (Å²) >= 11 is 0. The zero-order valence-electron chi connectivity index (χ0n) is 16.5. The Morgan fingerprint density at radius 2 is 1.87 bits per heavy atom. The van der Waals surface area contributed by atoms with E-state index in [0.717, 1.165) is 46.1 Å². The predicted octanol–water partition coefficient (Wildman–Crippen LogP) is 5.00. The zero-order chi connectivity index (χ0) is 20.8. The van der Waals surface area contributed by atoms with Gasteiger partial charge in [-0.3, -0.25) is 9.78 Å². The monoisotopic (exact) mass is 403 g/mol. The maximum atomic E-state index is 13.7. The number of benzene rings is 2. The first kappa shape index (κ1) is 18.9. The number of rotatable bonds is 4. The second kappa shape index (κ2) is 7.33. The fourth-order valence-corrected chi connectivity index (χ4v) is 4.28. The highest BCUT2D eigenvalue weighted by Crippen LogP contribution is 2.48. The molecule has 5 heteroatoms. The summed E-state index contributed by atoms with van der Waals surface area (Å²) in [7, 11) is 0. The topological polar surface area (TPSA) is 59.4 Å². The number of ether oxygens (including phenoxy) is 1. The number of pyridine rings is 1. The second-order valence-electron chi connectivity index (χ2n) is 8.14. The third-order valence-electron chi connectivity index (χ3n) is 5.89. The average molecular weight is 403 g/mol. The lowest BCUT2D eigenvalue weighted by Crippen LogP contribution is -2.33. The largest absolute Gasteiger partial charge is 0.457 e. The number of cyclic esters (lactones) is 1. The van der Waals surface area contributed by atoms with Crippen LogP contribution in [-0.4, -0.2) is 28.3 Å². The number of nitrogens with zero attached hydrogens (tertiary/aromatic N) is 1. The summed E-state index contributed by atoms with van der Waals surface area (Å²) in [5.74, 6) is -0.404. The first-order valence-corrected chi connectivity index (χ1v) is 10.3. The number of fused-ring (bicyclic) bond motifs is 1. The highest BCUT2D eigenvalue weighted by Gasteiger charge is 2.36. The number of aliphatic hydroxyl groups excluding tert-OH is 1. The lowest BCUT2D eigenvalue weighted by molar-refractivity contribution is -0.155. The maximum Gasteiger partial charge on any atom is 0.309 e. The van der Waals surface area contributed by atoms with Gasteiger partial charge in [0, 0.05) is 28.9 Å². The van der Waals surface area contributed by atoms with Crippen molar-refractivity contribution in [3.8, 4) is 11.1 Å². The van der Waals surface area contributed by atoms with E-state index < -0.39 is 18.2 Å². The number of carbonyl (C=O) groups excluding carboxylic acids is 1. The number of hydrogen-bond acceptors (Lipinski definition) is 4. The molecule has 2 aromatic carbocycles. The Labute approximate surface area is 174 Å². The molecule has 1 aromatic heterocycles. The van der Waals surface area contributed by atoms with Crippen LogP contribution in [0.2, 0.25) is 0 Å². The van der Waals surface area contributed by atoms with Crippen LogP contribution in [0.3, 0.4) is 0 Å². The molecule has 0 bridgehead atoms. The van der Waals surface area contributed by atoms with Gasteiger partial charge < -0.3 is 9.84 Å². The van der Waals surface area contributed by atoms with Crippen LogP contribution >= 0.6 is 0 Å². The molecule has 1 aliphatic heterocycles. The SMILES string of the molecule is C=C(c1c(C2CC2)nc2ccccc2c1-c1ccc(F)cc1)C1CC(O)CC(=O)O1. The van der Waals surface area contributed by atoms with E-state index >= 15 is 0 Å². The number of hydrogen-bond donors (Lipinski definition) is 1. The van der Waals surface area contributed by atoms with Crippen molar-refractivity contribution in [2.75, 3.05) is 0 Å². The second-order valence-corrected chi connectivity index (χ2v) is 8.14. The Kier molecular flexibility index (Phi) is 4.63. The molecule has 2 unspecified atom stereocenters. The molecule has 2 fully saturated rings. The minimum Gasteiger partial charge on any atom is -0.457 e. The third kappa shape index (κ3) is 3.39. The predicted molar refractivity (Wildman–Crippen MR) is 113 cm³/mol. The van der Waals surface area contributed by atoms with E-state index in [4.69, 9.17) is 9.72 Å². The minimum absolute atomic E-state index is 0.0000513. The van der Waals surface area contributed by atoms with Gasteiger partial charge in [-0.2, -0.15) is 0 Å². The smallest absolute Gasteiger partial charge is 0.309 e. The van der Waals surface area contributed by atoms with Crippen LogP contribution in [0.15, 0.2) is 55.1 Å². The first-order chi connectivity index (χ1) is 14.5. The molecule has 0 amide bonds. The summed E-state index contributed by atoms with van der Waals surface area (Å²) in [6, 6.07) is 14.3. The number of esters is 1. The molecular weight excluding hydrogens is 381 g/mol. The van der Waals surface area contributed by atoms with Gasteiger partial charge in [0.1, 0.15) is 11.9 Å². The van der Waals surface area contributed by atoms with Gasteiger partial charge in [-0.05, 0) is 42.2 Å². The van der Waals surface area contributed by atoms with Crippen molar-refractivity contribution in [1.82, 2.24) is 4.98 Å². The Bertz CT molecular complexity index is 1150. The summed E-state index contributed by atoms with van der Waals surface area (Å²) in [6.07, 6.45) is 1.04. The van der Waals surface area contributed by atoms with Crippen molar-refractivity contribution in [2.24, 2.45) is 0 Å². The molecule has 30 heavy (non-hydrogen) atoms. The molecule has 2 aliphatic rings. The lowest BCUT2D eigenvalue weighted by atomic mass is 9.85. The molecule has 1 saturated carbocycles. The number of carbonyl (C=O) groups is 1. The number of aromatic nitrogens is 1. The Morgan fingerprint density at radius 3 is 2.57 bits per heavy atom. The highest BCUT2D eigenvalue weighted by molar-refractivity contribution is 6.01. The van der Waals surface area contributed by atoms with Crippen LogP contribution in [0.5, 0.6) is 0 Å². The molecule has 2 heterocycles. The standard InChI is InChI=1S/C25H22FNO3/c1-14(21-12-18(28)13-22(29)30-21)23-24(15-8-10-17(26)11-9-15)19-4-2-3-5-20(19)27-25(23)16-6-7-16/h2-5,8-11,16,18,21,28H,1,6-7,12-13H2. The summed E-state index contributed by atoms with van der Waals surface area (Å²) in [5.41, 5.74) is 5.08. The molecule has 0 radical (unpaired) electrons. The summed E-state index contributed by atoms with van der Waals surface area (Å²) < 4.78 is 19.2. The lowest BCUT2D eigenvalue weighted by Gasteiger charge is -2.29. The van der Waals surface area contributed by atoms with E-state index in [1.807, 2.05) is 24.3 Å². The summed E-state index contributed by atoms with van der Waals surface area (Å²) in [5, 5.41) is 11.1. The minimum atomic E-state index is -0.750. The summed E-state index contributed by atoms with van der Waals surface area (Å²) in [4.78, 5) is 16.9. The quantitative estimate of drug-likeness (QED) is 0.623. The van der Waals surface area contributed by atoms with E-state index in [-0.39, 0.29) is 12.2 Å². The van der Waals surface area contributed by atoms with Crippen LogP contribution in [-0.2, 0) is 9.53 Å². The van der Waals surface area contributed by atoms with Gasteiger partial charge in [0.25, 0.3) is 0 Å². The van der Waals surface area contributed by atoms with Crippen molar-refractivity contribution in [3.63, 3.8) is 0 Å². The molecule has 1 N–H and O–H groups in total. The number of aliphatic hydroxyl groups is 1. The molecule has 5 rings (SSSR count). The molecule has 3 aromatic rings. The van der Waals surface area contributed by atoms with Crippen LogP contribution < -0.4 is 0 Å². The van der Waals surface area contributed by atoms with Gasteiger partial charge in [0.2, 0.25) is 0 Å². The first-order valence-electron chi connectivity index (χ1n) is 10.3. The number of para-hydroxylation sites is 1. The van der Waals surface area contributed by atoms with E-state index in [9.17, 15) is 14.3 Å². The average Bonchev–Trinajstić information content (AvgIpc) is 3.57. The fraction of sp³-hybridized carbons (Fsp3) is 0.280. The third-order valence-corrected chi connectivity index (χ3v) is 5.89.